The molecule has 27 heteroatoms. The zero-order chi connectivity index (χ0) is 73.2. The molecule has 1 saturated heterocycles. The molecule has 6 heterocycles. The molecule has 11 aromatic rings. The number of hydrogen-bond acceptors (Lipinski definition) is 16. The van der Waals surface area contributed by atoms with Gasteiger partial charge in [0.15, 0.2) is 0 Å². The number of anilines is 4. The number of methoxy groups -OCH3 is 3. The highest BCUT2D eigenvalue weighted by Gasteiger charge is 2.38. The number of carbonyl (C=O) groups is 2. The SMILES string of the molecule is COc1cc(F)ccc1-c1cccc2cnc(Cl)nc12.COc1cc(F)ccc1-c1cccc2cnc(Nc3cc(C4CCCCC4)nn3C(C)C)nc12.COc1cc(F)ccc1-c1cccc2cnc(Nc3cc(C4CCN(C(=O)OC(C)(C)C)CC4)nn3C(C)C)nc12.O=C(O)C(F)(F)F. The largest absolute Gasteiger partial charge is 0.496 e. The lowest BCUT2D eigenvalue weighted by Crippen LogP contribution is -2.41. The van der Waals surface area contributed by atoms with Gasteiger partial charge in [-0.25, -0.2) is 62.0 Å². The Balaban J connectivity index is 0.000000164. The third kappa shape index (κ3) is 18.1. The summed E-state index contributed by atoms with van der Waals surface area (Å²) in [6.07, 6.45) is 7.76. The molecule has 0 radical (unpaired) electrons. The van der Waals surface area contributed by atoms with Crippen molar-refractivity contribution in [1.29, 1.82) is 0 Å². The molecular weight excluding hydrogens is 1340 g/mol. The number of nitrogens with one attached hydrogen (secondary N) is 2. The molecule has 1 aliphatic carbocycles. The Morgan fingerprint density at radius 2 is 0.902 bits per heavy atom. The molecule has 534 valence electrons. The van der Waals surface area contributed by atoms with Gasteiger partial charge in [0, 0.05) is 135 Å². The van der Waals surface area contributed by atoms with E-state index in [2.05, 4.69) is 70.4 Å². The van der Waals surface area contributed by atoms with Crippen LogP contribution in [0.15, 0.2) is 140 Å². The topological polar surface area (TPSA) is 232 Å². The molecule has 0 bridgehead atoms. The number of alkyl halides is 3. The number of piperidine rings is 1. The van der Waals surface area contributed by atoms with Crippen LogP contribution in [0, 0.1) is 17.5 Å². The highest BCUT2D eigenvalue weighted by Crippen LogP contribution is 2.40. The molecule has 1 saturated carbocycles. The van der Waals surface area contributed by atoms with Crippen molar-refractivity contribution in [2.24, 2.45) is 0 Å². The Hall–Kier alpha value is -10.6. The van der Waals surface area contributed by atoms with Gasteiger partial charge in [-0.05, 0) is 122 Å². The maximum atomic E-state index is 13.9. The van der Waals surface area contributed by atoms with Crippen molar-refractivity contribution >= 4 is 79.9 Å². The number of carboxylic acids is 1. The summed E-state index contributed by atoms with van der Waals surface area (Å²) in [5, 5.41) is 26.6. The number of hydrogen-bond donors (Lipinski definition) is 3. The molecular formula is C75H78ClF6N13O7. The van der Waals surface area contributed by atoms with E-state index in [9.17, 15) is 31.1 Å². The van der Waals surface area contributed by atoms with E-state index in [1.165, 1.54) is 82.7 Å². The van der Waals surface area contributed by atoms with E-state index in [1.54, 1.807) is 42.6 Å². The summed E-state index contributed by atoms with van der Waals surface area (Å²) < 4.78 is 98.4. The number of amides is 1. The normalized spacial score (nSPS) is 13.6. The van der Waals surface area contributed by atoms with E-state index in [0.29, 0.717) is 53.7 Å². The second-order valence-electron chi connectivity index (χ2n) is 25.9. The van der Waals surface area contributed by atoms with Gasteiger partial charge in [-0.2, -0.15) is 23.4 Å². The van der Waals surface area contributed by atoms with Crippen LogP contribution in [0.25, 0.3) is 66.1 Å². The Bertz CT molecular complexity index is 4780. The minimum absolute atomic E-state index is 0.104. The predicted molar refractivity (Wildman–Crippen MR) is 381 cm³/mol. The van der Waals surface area contributed by atoms with Crippen LogP contribution in [0.1, 0.15) is 129 Å². The van der Waals surface area contributed by atoms with Gasteiger partial charge >= 0.3 is 18.2 Å². The van der Waals surface area contributed by atoms with Crippen LogP contribution in [-0.2, 0) is 9.53 Å². The van der Waals surface area contributed by atoms with E-state index in [-0.39, 0.29) is 46.8 Å². The van der Waals surface area contributed by atoms with Gasteiger partial charge in [-0.1, -0.05) is 73.9 Å². The number of ether oxygens (including phenoxy) is 4. The number of halogens is 7. The fourth-order valence-corrected chi connectivity index (χ4v) is 12.2. The second-order valence-corrected chi connectivity index (χ2v) is 26.2. The van der Waals surface area contributed by atoms with Gasteiger partial charge in [-0.3, -0.25) is 0 Å². The lowest BCUT2D eigenvalue weighted by Gasteiger charge is -2.32. The number of para-hydroxylation sites is 3. The fourth-order valence-electron chi connectivity index (χ4n) is 12.1. The van der Waals surface area contributed by atoms with Crippen molar-refractivity contribution in [3.8, 4) is 50.6 Å². The van der Waals surface area contributed by atoms with E-state index >= 15 is 0 Å². The van der Waals surface area contributed by atoms with Crippen molar-refractivity contribution in [3.63, 3.8) is 0 Å². The Morgan fingerprint density at radius 1 is 0.529 bits per heavy atom. The fraction of sp³-hybridized carbons (Fsp3) is 0.333. The van der Waals surface area contributed by atoms with Crippen molar-refractivity contribution in [2.45, 2.75) is 129 Å². The lowest BCUT2D eigenvalue weighted by molar-refractivity contribution is -0.192. The standard InChI is InChI=1S/C31H37FN6O3.C27H30FN5O.C15H10ClFN2O.C2HF3O2/c1-19(2)38-27(17-25(36-38)20-12-14-37(15-13-20)30(39)41-31(3,4)5)34-29-33-18-21-8-7-9-24(28(21)35-29)23-11-10-22(32)16-26(23)40-6;1-17(2)33-25(15-23(32-33)18-8-5-4-6-9-18)30-27-29-16-19-10-7-11-22(26(19)31-27)21-13-12-20(28)14-24(21)34-3;1-20-13-7-10(17)5-6-11(13)12-4-2-3-9-8-18-15(16)19-14(9)12;3-2(4,5)1(6)7/h7-11,16-20H,12-15H2,1-6H3,(H,33,34,35);7,10-18H,4-6,8-9H2,1-3H3,(H,29,30,31);2-8H,1H3;(H,6,7). The van der Waals surface area contributed by atoms with E-state index < -0.39 is 17.7 Å². The van der Waals surface area contributed by atoms with Crippen LogP contribution in [-0.4, -0.2) is 118 Å². The summed E-state index contributed by atoms with van der Waals surface area (Å²) in [7, 11) is 4.57. The molecule has 2 aliphatic rings. The van der Waals surface area contributed by atoms with E-state index in [1.807, 2.05) is 90.9 Å². The molecule has 0 spiro atoms. The Labute approximate surface area is 590 Å². The van der Waals surface area contributed by atoms with Crippen molar-refractivity contribution in [1.82, 2.24) is 54.4 Å². The maximum absolute atomic E-state index is 13.9. The molecule has 5 aromatic heterocycles. The van der Waals surface area contributed by atoms with Gasteiger partial charge < -0.3 is 39.6 Å². The van der Waals surface area contributed by atoms with Gasteiger partial charge in [0.05, 0.1) is 49.3 Å². The van der Waals surface area contributed by atoms with Crippen LogP contribution in [0.5, 0.6) is 17.2 Å². The van der Waals surface area contributed by atoms with Crippen molar-refractivity contribution in [2.75, 3.05) is 45.1 Å². The first-order chi connectivity index (χ1) is 48.7. The predicted octanol–water partition coefficient (Wildman–Crippen LogP) is 18.8. The zero-order valence-corrected chi connectivity index (χ0v) is 58.7. The van der Waals surface area contributed by atoms with Crippen LogP contribution in [0.2, 0.25) is 5.28 Å². The number of aliphatic carboxylic acids is 1. The number of rotatable bonds is 14. The van der Waals surface area contributed by atoms with Gasteiger partial charge in [0.2, 0.25) is 17.2 Å². The average Bonchev–Trinajstić information content (AvgIpc) is 0.902. The summed E-state index contributed by atoms with van der Waals surface area (Å²) in [5.41, 5.74) is 8.60. The molecule has 6 aromatic carbocycles. The first-order valence-corrected chi connectivity index (χ1v) is 33.5. The number of fused-ring (bicyclic) bond motifs is 3. The smallest absolute Gasteiger partial charge is 0.490 e. The van der Waals surface area contributed by atoms with Crippen LogP contribution in [0.4, 0.5) is 54.7 Å². The molecule has 13 rings (SSSR count). The minimum atomic E-state index is -5.08. The average molecular weight is 1420 g/mol. The van der Waals surface area contributed by atoms with Crippen LogP contribution >= 0.6 is 11.6 Å². The molecule has 3 N–H and O–H groups in total. The summed E-state index contributed by atoms with van der Waals surface area (Å²) in [6, 6.07) is 35.3. The maximum Gasteiger partial charge on any atom is 0.490 e. The molecule has 1 aliphatic heterocycles. The quantitative estimate of drug-likeness (QED) is 0.0678. The van der Waals surface area contributed by atoms with Crippen LogP contribution < -0.4 is 24.8 Å². The molecule has 2 fully saturated rings. The first kappa shape index (κ1) is 74.1. The van der Waals surface area contributed by atoms with Crippen molar-refractivity contribution < 1.29 is 60.0 Å². The summed E-state index contributed by atoms with van der Waals surface area (Å²) in [6.45, 7) is 15.3. The second kappa shape index (κ2) is 32.4. The highest BCUT2D eigenvalue weighted by molar-refractivity contribution is 6.28. The number of carbonyl (C=O) groups excluding carboxylic acids is 1. The molecule has 102 heavy (non-hydrogen) atoms. The Kier molecular flexibility index (Phi) is 23.5. The summed E-state index contributed by atoms with van der Waals surface area (Å²) in [4.78, 5) is 50.2. The molecule has 1 amide bonds. The first-order valence-electron chi connectivity index (χ1n) is 33.1. The third-order valence-electron chi connectivity index (χ3n) is 17.0. The van der Waals surface area contributed by atoms with E-state index in [0.717, 1.165) is 96.4 Å². The molecule has 0 atom stereocenters. The number of carboxylic acid groups (broad SMARTS) is 1. The molecule has 0 unspecified atom stereocenters. The molecule has 20 nitrogen and oxygen atoms in total. The monoisotopic (exact) mass is 1420 g/mol. The van der Waals surface area contributed by atoms with Gasteiger partial charge in [0.1, 0.15) is 51.9 Å². The minimum Gasteiger partial charge on any atom is -0.496 e. The van der Waals surface area contributed by atoms with E-state index in [4.69, 9.17) is 60.6 Å². The summed E-state index contributed by atoms with van der Waals surface area (Å²) in [5.74, 6) is 0.905. The number of likely N-dealkylation sites (tertiary alicyclic amines) is 1. The van der Waals surface area contributed by atoms with Gasteiger partial charge in [0.25, 0.3) is 0 Å². The number of aromatic nitrogens is 10. The summed E-state index contributed by atoms with van der Waals surface area (Å²) >= 11 is 5.86. The Morgan fingerprint density at radius 3 is 1.26 bits per heavy atom. The zero-order valence-electron chi connectivity index (χ0n) is 57.9. The van der Waals surface area contributed by atoms with Crippen molar-refractivity contribution in [3.05, 3.63) is 174 Å². The van der Waals surface area contributed by atoms with Crippen LogP contribution in [0.3, 0.4) is 0 Å². The highest BCUT2D eigenvalue weighted by atomic mass is 35.5. The third-order valence-corrected chi connectivity index (χ3v) is 17.1. The van der Waals surface area contributed by atoms with Gasteiger partial charge in [-0.15, -0.1) is 0 Å². The number of nitrogens with zero attached hydrogens (tertiary/aromatic N) is 11. The lowest BCUT2D eigenvalue weighted by atomic mass is 9.87. The number of benzene rings is 6.